The van der Waals surface area contributed by atoms with Crippen molar-refractivity contribution in [2.75, 3.05) is 18.8 Å². The summed E-state index contributed by atoms with van der Waals surface area (Å²) in [6.07, 6.45) is 1.10. The summed E-state index contributed by atoms with van der Waals surface area (Å²) in [5.74, 6) is -0.0875. The number of hydrogen-bond donors (Lipinski definition) is 3. The van der Waals surface area contributed by atoms with Gasteiger partial charge in [0, 0.05) is 13.1 Å². The number of nitrogens with one attached hydrogen (secondary N) is 1. The van der Waals surface area contributed by atoms with Crippen molar-refractivity contribution in [1.29, 1.82) is 0 Å². The first kappa shape index (κ1) is 9.91. The predicted octanol–water partition coefficient (Wildman–Crippen LogP) is -1.02. The molecule has 1 atom stereocenters. The normalized spacial score (nSPS) is 21.7. The van der Waals surface area contributed by atoms with Crippen LogP contribution in [0, 0.1) is 0 Å². The predicted molar refractivity (Wildman–Crippen MR) is 51.9 cm³/mol. The smallest absolute Gasteiger partial charge is 0.291 e. The Bertz CT molecular complexity index is 364. The monoisotopic (exact) mass is 211 g/mol. The Kier molecular flexibility index (Phi) is 2.55. The second kappa shape index (κ2) is 3.85. The van der Waals surface area contributed by atoms with E-state index in [1.54, 1.807) is 4.90 Å². The number of aliphatic hydroxyl groups is 1. The molecule has 2 rings (SSSR count). The van der Waals surface area contributed by atoms with Crippen LogP contribution in [0.1, 0.15) is 23.5 Å². The van der Waals surface area contributed by atoms with Crippen molar-refractivity contribution in [3.8, 4) is 0 Å². The second-order valence-electron chi connectivity index (χ2n) is 3.59. The van der Waals surface area contributed by atoms with Crippen LogP contribution in [0.4, 0.5) is 5.95 Å². The van der Waals surface area contributed by atoms with Crippen LogP contribution in [0.2, 0.25) is 0 Å². The van der Waals surface area contributed by atoms with Gasteiger partial charge < -0.3 is 15.7 Å². The third-order valence-corrected chi connectivity index (χ3v) is 2.39. The van der Waals surface area contributed by atoms with Crippen LogP contribution in [-0.2, 0) is 0 Å². The molecule has 0 aromatic carbocycles. The first-order chi connectivity index (χ1) is 7.16. The first-order valence-corrected chi connectivity index (χ1v) is 4.82. The molecule has 7 heteroatoms. The summed E-state index contributed by atoms with van der Waals surface area (Å²) in [4.78, 5) is 17.1. The van der Waals surface area contributed by atoms with Crippen molar-refractivity contribution in [1.82, 2.24) is 20.1 Å². The molecule has 1 aliphatic rings. The number of nitrogen functional groups attached to an aromatic ring is 1. The van der Waals surface area contributed by atoms with Gasteiger partial charge in [0.1, 0.15) is 0 Å². The van der Waals surface area contributed by atoms with Crippen LogP contribution in [0.5, 0.6) is 0 Å². The Morgan fingerprint density at radius 3 is 3.07 bits per heavy atom. The highest BCUT2D eigenvalue weighted by molar-refractivity contribution is 5.90. The number of carbonyl (C=O) groups is 1. The zero-order valence-electron chi connectivity index (χ0n) is 8.18. The van der Waals surface area contributed by atoms with Crippen LogP contribution >= 0.6 is 0 Å². The van der Waals surface area contributed by atoms with Crippen LogP contribution in [0.15, 0.2) is 0 Å². The molecule has 7 nitrogen and oxygen atoms in total. The lowest BCUT2D eigenvalue weighted by Crippen LogP contribution is -2.42. The SMILES string of the molecule is Nc1n[nH]c(C(=O)N2CCCC(O)C2)n1. The van der Waals surface area contributed by atoms with E-state index in [2.05, 4.69) is 15.2 Å². The fraction of sp³-hybridized carbons (Fsp3) is 0.625. The number of rotatable bonds is 1. The van der Waals surface area contributed by atoms with Crippen molar-refractivity contribution in [2.24, 2.45) is 0 Å². The van der Waals surface area contributed by atoms with Crippen molar-refractivity contribution in [3.63, 3.8) is 0 Å². The summed E-state index contributed by atoms with van der Waals surface area (Å²) >= 11 is 0. The fourth-order valence-electron chi connectivity index (χ4n) is 1.66. The van der Waals surface area contributed by atoms with E-state index in [1.165, 1.54) is 0 Å². The van der Waals surface area contributed by atoms with E-state index >= 15 is 0 Å². The standard InChI is InChI=1S/C8H13N5O2/c9-8-10-6(11-12-8)7(15)13-3-1-2-5(14)4-13/h5,14H,1-4H2,(H3,9,10,11,12). The minimum absolute atomic E-state index is 0.0518. The van der Waals surface area contributed by atoms with Gasteiger partial charge in [-0.05, 0) is 12.8 Å². The lowest BCUT2D eigenvalue weighted by molar-refractivity contribution is 0.0464. The minimum atomic E-state index is -0.442. The molecule has 1 saturated heterocycles. The molecule has 82 valence electrons. The van der Waals surface area contributed by atoms with Crippen molar-refractivity contribution < 1.29 is 9.90 Å². The number of aromatic amines is 1. The number of piperidine rings is 1. The van der Waals surface area contributed by atoms with Gasteiger partial charge in [0.15, 0.2) is 0 Å². The van der Waals surface area contributed by atoms with Crippen molar-refractivity contribution in [3.05, 3.63) is 5.82 Å². The lowest BCUT2D eigenvalue weighted by Gasteiger charge is -2.29. The maximum atomic E-state index is 11.8. The molecular formula is C8H13N5O2. The highest BCUT2D eigenvalue weighted by Crippen LogP contribution is 2.12. The van der Waals surface area contributed by atoms with Crippen molar-refractivity contribution >= 4 is 11.9 Å². The number of likely N-dealkylation sites (tertiary alicyclic amines) is 1. The first-order valence-electron chi connectivity index (χ1n) is 4.82. The van der Waals surface area contributed by atoms with Gasteiger partial charge in [-0.3, -0.25) is 9.89 Å². The molecule has 2 heterocycles. The highest BCUT2D eigenvalue weighted by atomic mass is 16.3. The molecule has 4 N–H and O–H groups in total. The zero-order valence-corrected chi connectivity index (χ0v) is 8.18. The maximum absolute atomic E-state index is 11.8. The van der Waals surface area contributed by atoms with Crippen LogP contribution in [-0.4, -0.2) is 50.3 Å². The molecule has 0 radical (unpaired) electrons. The number of aliphatic hydroxyl groups excluding tert-OH is 1. The lowest BCUT2D eigenvalue weighted by atomic mass is 10.1. The summed E-state index contributed by atoms with van der Waals surface area (Å²) in [7, 11) is 0. The molecule has 0 saturated carbocycles. The molecule has 0 spiro atoms. The Balaban J connectivity index is 2.07. The van der Waals surface area contributed by atoms with Crippen LogP contribution in [0.3, 0.4) is 0 Å². The quantitative estimate of drug-likeness (QED) is 0.551. The van der Waals surface area contributed by atoms with E-state index in [-0.39, 0.29) is 17.7 Å². The van der Waals surface area contributed by atoms with Gasteiger partial charge in [-0.15, -0.1) is 5.10 Å². The molecule has 1 aromatic rings. The minimum Gasteiger partial charge on any atom is -0.391 e. The molecule has 1 aliphatic heterocycles. The molecule has 1 amide bonds. The Hall–Kier alpha value is -1.63. The molecule has 1 aromatic heterocycles. The number of H-pyrrole nitrogens is 1. The summed E-state index contributed by atoms with van der Waals surface area (Å²) in [5.41, 5.74) is 5.30. The molecule has 0 aliphatic carbocycles. The average molecular weight is 211 g/mol. The third kappa shape index (κ3) is 2.07. The van der Waals surface area contributed by atoms with Gasteiger partial charge in [-0.2, -0.15) is 4.98 Å². The molecule has 1 unspecified atom stereocenters. The molecule has 0 bridgehead atoms. The average Bonchev–Trinajstić information content (AvgIpc) is 2.64. The Morgan fingerprint density at radius 1 is 1.67 bits per heavy atom. The van der Waals surface area contributed by atoms with E-state index < -0.39 is 6.10 Å². The van der Waals surface area contributed by atoms with E-state index in [4.69, 9.17) is 5.73 Å². The van der Waals surface area contributed by atoms with Gasteiger partial charge in [0.2, 0.25) is 11.8 Å². The van der Waals surface area contributed by atoms with Crippen LogP contribution in [0.25, 0.3) is 0 Å². The number of β-amino-alcohol motifs (C(OH)–C–C–N with tert-alkyl or cyclic N) is 1. The number of nitrogens with two attached hydrogens (primary N) is 1. The molecular weight excluding hydrogens is 198 g/mol. The molecule has 1 fully saturated rings. The summed E-state index contributed by atoms with van der Waals surface area (Å²) in [5, 5.41) is 15.5. The second-order valence-corrected chi connectivity index (χ2v) is 3.59. The summed E-state index contributed by atoms with van der Waals surface area (Å²) < 4.78 is 0. The number of nitrogens with zero attached hydrogens (tertiary/aromatic N) is 3. The van der Waals surface area contributed by atoms with E-state index in [0.29, 0.717) is 13.1 Å². The summed E-state index contributed by atoms with van der Waals surface area (Å²) in [6, 6.07) is 0. The van der Waals surface area contributed by atoms with Gasteiger partial charge >= 0.3 is 0 Å². The van der Waals surface area contributed by atoms with Gasteiger partial charge in [-0.25, -0.2) is 0 Å². The Morgan fingerprint density at radius 2 is 2.47 bits per heavy atom. The molecule has 15 heavy (non-hydrogen) atoms. The van der Waals surface area contributed by atoms with Crippen LogP contribution < -0.4 is 5.73 Å². The number of amides is 1. The van der Waals surface area contributed by atoms with E-state index in [1.807, 2.05) is 0 Å². The Labute approximate surface area is 86.3 Å². The van der Waals surface area contributed by atoms with Crippen molar-refractivity contribution in [2.45, 2.75) is 18.9 Å². The number of aromatic nitrogens is 3. The number of carbonyl (C=O) groups excluding carboxylic acids is 1. The topological polar surface area (TPSA) is 108 Å². The zero-order chi connectivity index (χ0) is 10.8. The maximum Gasteiger partial charge on any atom is 0.291 e. The third-order valence-electron chi connectivity index (χ3n) is 2.39. The largest absolute Gasteiger partial charge is 0.391 e. The summed E-state index contributed by atoms with van der Waals surface area (Å²) in [6.45, 7) is 0.982. The van der Waals surface area contributed by atoms with Gasteiger partial charge in [0.05, 0.1) is 6.10 Å². The van der Waals surface area contributed by atoms with E-state index in [0.717, 1.165) is 12.8 Å². The fourth-order valence-corrected chi connectivity index (χ4v) is 1.66. The van der Waals surface area contributed by atoms with Gasteiger partial charge in [-0.1, -0.05) is 0 Å². The van der Waals surface area contributed by atoms with E-state index in [9.17, 15) is 9.90 Å². The number of anilines is 1. The van der Waals surface area contributed by atoms with Gasteiger partial charge in [0.25, 0.3) is 5.91 Å². The number of hydrogen-bond acceptors (Lipinski definition) is 5. The highest BCUT2D eigenvalue weighted by Gasteiger charge is 2.24.